The molecule has 0 unspecified atom stereocenters. The lowest BCUT2D eigenvalue weighted by molar-refractivity contribution is -0.142. The monoisotopic (exact) mass is 241 g/mol. The molecule has 2 aliphatic heterocycles. The summed E-state index contributed by atoms with van der Waals surface area (Å²) in [6.07, 6.45) is 2.56. The van der Waals surface area contributed by atoms with Crippen LogP contribution in [0.25, 0.3) is 0 Å². The fraction of sp³-hybridized carbons (Fsp3) is 0.917. The fourth-order valence-corrected chi connectivity index (χ4v) is 3.01. The van der Waals surface area contributed by atoms with Crippen LogP contribution >= 0.6 is 0 Å². The van der Waals surface area contributed by atoms with Crippen molar-refractivity contribution in [2.45, 2.75) is 30.8 Å². The summed E-state index contributed by atoms with van der Waals surface area (Å²) in [6.45, 7) is 3.70. The topological polar surface area (TPSA) is 55.8 Å². The first-order valence-corrected chi connectivity index (χ1v) is 6.37. The van der Waals surface area contributed by atoms with Gasteiger partial charge in [0.25, 0.3) is 0 Å². The van der Waals surface area contributed by atoms with Crippen LogP contribution in [0.4, 0.5) is 0 Å². The maximum absolute atomic E-state index is 11.0. The van der Waals surface area contributed by atoms with Crippen LogP contribution in [-0.2, 0) is 4.79 Å². The van der Waals surface area contributed by atoms with Crippen molar-refractivity contribution in [1.29, 1.82) is 0 Å². The van der Waals surface area contributed by atoms with E-state index in [9.17, 15) is 4.79 Å². The summed E-state index contributed by atoms with van der Waals surface area (Å²) in [4.78, 5) is 15.6. The van der Waals surface area contributed by atoms with Gasteiger partial charge >= 0.3 is 5.97 Å². The van der Waals surface area contributed by atoms with Crippen molar-refractivity contribution in [2.24, 2.45) is 0 Å². The van der Waals surface area contributed by atoms with Crippen molar-refractivity contribution >= 4 is 5.97 Å². The Hall–Kier alpha value is -0.650. The predicted octanol–water partition coefficient (Wildman–Crippen LogP) is -0.171. The van der Waals surface area contributed by atoms with E-state index in [1.54, 1.807) is 0 Å². The first-order valence-electron chi connectivity index (χ1n) is 6.37. The second-order valence-electron chi connectivity index (χ2n) is 5.58. The van der Waals surface area contributed by atoms with Gasteiger partial charge in [0, 0.05) is 32.2 Å². The smallest absolute Gasteiger partial charge is 0.305 e. The van der Waals surface area contributed by atoms with E-state index in [4.69, 9.17) is 5.11 Å². The van der Waals surface area contributed by atoms with Gasteiger partial charge in [-0.15, -0.1) is 0 Å². The molecule has 2 N–H and O–H groups in total. The summed E-state index contributed by atoms with van der Waals surface area (Å²) in [5, 5.41) is 12.2. The van der Waals surface area contributed by atoms with E-state index in [2.05, 4.69) is 29.2 Å². The first kappa shape index (κ1) is 12.8. The molecule has 0 aromatic heterocycles. The summed E-state index contributed by atoms with van der Waals surface area (Å²) in [5.74, 6) is -0.679. The molecule has 0 radical (unpaired) electrons. The van der Waals surface area contributed by atoms with Crippen molar-refractivity contribution in [3.8, 4) is 0 Å². The quantitative estimate of drug-likeness (QED) is 0.715. The Morgan fingerprint density at radius 3 is 2.35 bits per heavy atom. The summed E-state index contributed by atoms with van der Waals surface area (Å²) >= 11 is 0. The third kappa shape index (κ3) is 2.61. The van der Waals surface area contributed by atoms with Gasteiger partial charge in [-0.1, -0.05) is 0 Å². The lowest BCUT2D eigenvalue weighted by Gasteiger charge is -2.52. The van der Waals surface area contributed by atoms with Crippen molar-refractivity contribution in [1.82, 2.24) is 15.1 Å². The minimum absolute atomic E-state index is 0.108. The zero-order chi connectivity index (χ0) is 12.5. The van der Waals surface area contributed by atoms with Crippen molar-refractivity contribution in [3.63, 3.8) is 0 Å². The molecule has 17 heavy (non-hydrogen) atoms. The summed E-state index contributed by atoms with van der Waals surface area (Å²) in [6, 6.07) is 0.654. The van der Waals surface area contributed by atoms with Crippen molar-refractivity contribution in [3.05, 3.63) is 0 Å². The van der Waals surface area contributed by atoms with Gasteiger partial charge in [-0.05, 0) is 26.9 Å². The number of likely N-dealkylation sites (tertiary alicyclic amines) is 1. The van der Waals surface area contributed by atoms with Gasteiger partial charge in [-0.3, -0.25) is 9.69 Å². The van der Waals surface area contributed by atoms with Crippen LogP contribution in [0.3, 0.4) is 0 Å². The number of carboxylic acids is 1. The second-order valence-corrected chi connectivity index (χ2v) is 5.58. The van der Waals surface area contributed by atoms with Crippen LogP contribution in [0.15, 0.2) is 0 Å². The Morgan fingerprint density at radius 1 is 1.41 bits per heavy atom. The number of carbonyl (C=O) groups is 1. The van der Waals surface area contributed by atoms with Gasteiger partial charge in [-0.25, -0.2) is 0 Å². The zero-order valence-electron chi connectivity index (χ0n) is 10.8. The molecule has 0 atom stereocenters. The molecule has 0 aromatic carbocycles. The molecule has 0 aliphatic carbocycles. The van der Waals surface area contributed by atoms with E-state index in [1.165, 1.54) is 0 Å². The van der Waals surface area contributed by atoms with Gasteiger partial charge in [-0.2, -0.15) is 0 Å². The number of aliphatic carboxylic acids is 1. The maximum atomic E-state index is 11.0. The molecule has 2 aliphatic rings. The Balaban J connectivity index is 1.92. The Bertz CT molecular complexity index is 281. The summed E-state index contributed by atoms with van der Waals surface area (Å²) in [5.41, 5.74) is -0.108. The minimum atomic E-state index is -0.679. The Morgan fingerprint density at radius 2 is 2.00 bits per heavy atom. The van der Waals surface area contributed by atoms with Gasteiger partial charge < -0.3 is 15.3 Å². The molecule has 0 saturated carbocycles. The molecule has 0 bridgehead atoms. The lowest BCUT2D eigenvalue weighted by atomic mass is 9.84. The van der Waals surface area contributed by atoms with Crippen LogP contribution in [0.2, 0.25) is 0 Å². The van der Waals surface area contributed by atoms with Crippen LogP contribution in [0, 0.1) is 0 Å². The van der Waals surface area contributed by atoms with Crippen LogP contribution in [0.5, 0.6) is 0 Å². The standard InChI is InChI=1S/C12H23N3O2/c1-14(2)10-3-5-15(6-4-10)12(7-11(16)17)8-13-9-12/h10,13H,3-9H2,1-2H3,(H,16,17). The number of carboxylic acid groups (broad SMARTS) is 1. The van der Waals surface area contributed by atoms with Crippen LogP contribution < -0.4 is 5.32 Å². The second kappa shape index (κ2) is 4.92. The summed E-state index contributed by atoms with van der Waals surface area (Å²) in [7, 11) is 4.25. The van der Waals surface area contributed by atoms with E-state index in [-0.39, 0.29) is 12.0 Å². The Labute approximate surface area is 103 Å². The van der Waals surface area contributed by atoms with Crippen molar-refractivity contribution < 1.29 is 9.90 Å². The molecule has 5 nitrogen and oxygen atoms in total. The Kier molecular flexibility index (Phi) is 3.70. The number of nitrogens with zero attached hydrogens (tertiary/aromatic N) is 2. The number of nitrogens with one attached hydrogen (secondary N) is 1. The largest absolute Gasteiger partial charge is 0.481 e. The van der Waals surface area contributed by atoms with Gasteiger partial charge in [0.1, 0.15) is 0 Å². The third-order valence-corrected chi connectivity index (χ3v) is 4.25. The van der Waals surface area contributed by atoms with Crippen molar-refractivity contribution in [2.75, 3.05) is 40.3 Å². The number of rotatable bonds is 4. The molecule has 5 heteroatoms. The normalized spacial score (nSPS) is 25.8. The highest BCUT2D eigenvalue weighted by Gasteiger charge is 2.45. The molecule has 0 spiro atoms. The molecule has 2 rings (SSSR count). The maximum Gasteiger partial charge on any atom is 0.305 e. The lowest BCUT2D eigenvalue weighted by Crippen LogP contribution is -2.71. The molecule has 0 aromatic rings. The highest BCUT2D eigenvalue weighted by atomic mass is 16.4. The number of hydrogen-bond acceptors (Lipinski definition) is 4. The van der Waals surface area contributed by atoms with Gasteiger partial charge in [0.05, 0.1) is 12.0 Å². The SMILES string of the molecule is CN(C)C1CCN(C2(CC(=O)O)CNC2)CC1. The summed E-state index contributed by atoms with van der Waals surface area (Å²) < 4.78 is 0. The van der Waals surface area contributed by atoms with E-state index >= 15 is 0 Å². The van der Waals surface area contributed by atoms with Gasteiger partial charge in [0.15, 0.2) is 0 Å². The highest BCUT2D eigenvalue weighted by Crippen LogP contribution is 2.29. The van der Waals surface area contributed by atoms with Crippen LogP contribution in [0.1, 0.15) is 19.3 Å². The van der Waals surface area contributed by atoms with Gasteiger partial charge in [0.2, 0.25) is 0 Å². The van der Waals surface area contributed by atoms with Crippen LogP contribution in [-0.4, -0.2) is 72.7 Å². The molecule has 2 fully saturated rings. The molecule has 2 saturated heterocycles. The average Bonchev–Trinajstić information content (AvgIpc) is 2.23. The number of hydrogen-bond donors (Lipinski definition) is 2. The highest BCUT2D eigenvalue weighted by molar-refractivity contribution is 5.68. The first-order chi connectivity index (χ1) is 8.03. The molecular weight excluding hydrogens is 218 g/mol. The van der Waals surface area contributed by atoms with E-state index < -0.39 is 5.97 Å². The number of piperidine rings is 1. The van der Waals surface area contributed by atoms with E-state index in [1.807, 2.05) is 0 Å². The van der Waals surface area contributed by atoms with E-state index in [0.717, 1.165) is 39.0 Å². The molecule has 98 valence electrons. The van der Waals surface area contributed by atoms with E-state index in [0.29, 0.717) is 6.04 Å². The molecule has 0 amide bonds. The predicted molar refractivity (Wildman–Crippen MR) is 66.1 cm³/mol. The molecular formula is C12H23N3O2. The third-order valence-electron chi connectivity index (χ3n) is 4.25. The molecule has 2 heterocycles. The average molecular weight is 241 g/mol. The fourth-order valence-electron chi connectivity index (χ4n) is 3.01. The minimum Gasteiger partial charge on any atom is -0.481 e. The zero-order valence-corrected chi connectivity index (χ0v) is 10.8.